The second-order valence-corrected chi connectivity index (χ2v) is 8.77. The third kappa shape index (κ3) is 3.26. The predicted molar refractivity (Wildman–Crippen MR) is 122 cm³/mol. The molecule has 4 aromatic rings. The summed E-state index contributed by atoms with van der Waals surface area (Å²) in [4.78, 5) is 28.3. The lowest BCUT2D eigenvalue weighted by molar-refractivity contribution is 0.0971. The standard InChI is InChI=1S/C23H11BrCl2FNO3/c24-12-2-8-18-15(10-12)21(29)19-20(11-1-7-16(25)17(26)9-11)28(23(30)22(19)31-18)14-5-3-13(27)4-6-14/h1-10,20H. The highest BCUT2D eigenvalue weighted by atomic mass is 79.9. The van der Waals surface area contributed by atoms with Gasteiger partial charge in [-0.15, -0.1) is 0 Å². The van der Waals surface area contributed by atoms with Gasteiger partial charge in [0, 0.05) is 10.2 Å². The topological polar surface area (TPSA) is 50.5 Å². The molecule has 0 saturated carbocycles. The monoisotopic (exact) mass is 517 g/mol. The van der Waals surface area contributed by atoms with Crippen molar-refractivity contribution in [2.45, 2.75) is 6.04 Å². The summed E-state index contributed by atoms with van der Waals surface area (Å²) in [5.41, 5.74) is 1.16. The highest BCUT2D eigenvalue weighted by Gasteiger charge is 2.43. The molecule has 1 aliphatic heterocycles. The lowest BCUT2D eigenvalue weighted by Gasteiger charge is -2.25. The van der Waals surface area contributed by atoms with Gasteiger partial charge in [-0.2, -0.15) is 0 Å². The number of amides is 1. The van der Waals surface area contributed by atoms with Gasteiger partial charge in [0.05, 0.1) is 27.0 Å². The molecule has 1 atom stereocenters. The first-order valence-corrected chi connectivity index (χ1v) is 10.7. The van der Waals surface area contributed by atoms with Crippen LogP contribution in [0.5, 0.6) is 0 Å². The Hall–Kier alpha value is -2.67. The van der Waals surface area contributed by atoms with E-state index in [1.165, 1.54) is 29.2 Å². The Morgan fingerprint density at radius 1 is 0.935 bits per heavy atom. The third-order valence-corrected chi connectivity index (χ3v) is 6.43. The molecule has 0 N–H and O–H groups in total. The fourth-order valence-electron chi connectivity index (χ4n) is 3.81. The maximum atomic E-state index is 13.5. The summed E-state index contributed by atoms with van der Waals surface area (Å²) >= 11 is 15.7. The van der Waals surface area contributed by atoms with Crippen LogP contribution in [0.2, 0.25) is 10.0 Å². The van der Waals surface area contributed by atoms with Crippen LogP contribution in [0.15, 0.2) is 74.3 Å². The molecule has 1 amide bonds. The molecule has 31 heavy (non-hydrogen) atoms. The molecule has 5 rings (SSSR count). The Bertz CT molecular complexity index is 1440. The zero-order chi connectivity index (χ0) is 21.9. The molecule has 0 saturated heterocycles. The van der Waals surface area contributed by atoms with Crippen molar-refractivity contribution in [3.63, 3.8) is 0 Å². The summed E-state index contributed by atoms with van der Waals surface area (Å²) in [7, 11) is 0. The number of anilines is 1. The number of nitrogens with zero attached hydrogens (tertiary/aromatic N) is 1. The van der Waals surface area contributed by atoms with Gasteiger partial charge in [-0.3, -0.25) is 14.5 Å². The average Bonchev–Trinajstić information content (AvgIpc) is 3.04. The minimum atomic E-state index is -0.817. The summed E-state index contributed by atoms with van der Waals surface area (Å²) < 4.78 is 20.1. The zero-order valence-electron chi connectivity index (χ0n) is 15.5. The molecule has 8 heteroatoms. The molecular formula is C23H11BrCl2FNO3. The summed E-state index contributed by atoms with van der Waals surface area (Å²) in [6, 6.07) is 14.6. The van der Waals surface area contributed by atoms with E-state index in [0.717, 1.165) is 0 Å². The Kier molecular flexibility index (Phi) is 4.88. The summed E-state index contributed by atoms with van der Waals surface area (Å²) in [6.45, 7) is 0. The highest BCUT2D eigenvalue weighted by Crippen LogP contribution is 2.42. The van der Waals surface area contributed by atoms with Crippen LogP contribution < -0.4 is 10.3 Å². The third-order valence-electron chi connectivity index (χ3n) is 5.20. The first-order valence-electron chi connectivity index (χ1n) is 9.15. The van der Waals surface area contributed by atoms with Gasteiger partial charge in [0.1, 0.15) is 11.4 Å². The maximum absolute atomic E-state index is 13.5. The Morgan fingerprint density at radius 2 is 1.68 bits per heavy atom. The van der Waals surface area contributed by atoms with Crippen molar-refractivity contribution in [2.75, 3.05) is 4.90 Å². The molecule has 1 aliphatic rings. The van der Waals surface area contributed by atoms with Crippen LogP contribution in [0.4, 0.5) is 10.1 Å². The van der Waals surface area contributed by atoms with Gasteiger partial charge in [0.2, 0.25) is 5.76 Å². The lowest BCUT2D eigenvalue weighted by atomic mass is 9.98. The van der Waals surface area contributed by atoms with Crippen molar-refractivity contribution < 1.29 is 13.6 Å². The van der Waals surface area contributed by atoms with Gasteiger partial charge in [-0.1, -0.05) is 45.2 Å². The number of rotatable bonds is 2. The van der Waals surface area contributed by atoms with E-state index in [4.69, 9.17) is 27.6 Å². The summed E-state index contributed by atoms with van der Waals surface area (Å²) in [6.07, 6.45) is 0. The van der Waals surface area contributed by atoms with Gasteiger partial charge in [0.25, 0.3) is 5.91 Å². The fourth-order valence-corrected chi connectivity index (χ4v) is 4.48. The molecular weight excluding hydrogens is 508 g/mol. The van der Waals surface area contributed by atoms with Crippen LogP contribution in [0, 0.1) is 5.82 Å². The zero-order valence-corrected chi connectivity index (χ0v) is 18.6. The van der Waals surface area contributed by atoms with Crippen LogP contribution in [-0.2, 0) is 0 Å². The van der Waals surface area contributed by atoms with E-state index in [-0.39, 0.29) is 21.8 Å². The van der Waals surface area contributed by atoms with E-state index in [2.05, 4.69) is 15.9 Å². The van der Waals surface area contributed by atoms with E-state index in [1.807, 2.05) is 0 Å². The van der Waals surface area contributed by atoms with E-state index < -0.39 is 17.8 Å². The number of fused-ring (bicyclic) bond motifs is 2. The van der Waals surface area contributed by atoms with Crippen LogP contribution in [-0.4, -0.2) is 5.91 Å². The Morgan fingerprint density at radius 3 is 2.39 bits per heavy atom. The molecule has 4 nitrogen and oxygen atoms in total. The van der Waals surface area contributed by atoms with Crippen molar-refractivity contribution in [2.24, 2.45) is 0 Å². The van der Waals surface area contributed by atoms with Crippen molar-refractivity contribution in [3.05, 3.63) is 108 Å². The maximum Gasteiger partial charge on any atom is 0.295 e. The SMILES string of the molecule is O=C1c2oc3ccc(Br)cc3c(=O)c2C(c2ccc(Cl)c(Cl)c2)N1c1ccc(F)cc1. The quantitative estimate of drug-likeness (QED) is 0.295. The van der Waals surface area contributed by atoms with E-state index >= 15 is 0 Å². The van der Waals surface area contributed by atoms with Crippen LogP contribution in [0.3, 0.4) is 0 Å². The number of hydrogen-bond donors (Lipinski definition) is 0. The van der Waals surface area contributed by atoms with Crippen molar-refractivity contribution in [1.29, 1.82) is 0 Å². The van der Waals surface area contributed by atoms with Gasteiger partial charge in [-0.25, -0.2) is 4.39 Å². The van der Waals surface area contributed by atoms with Gasteiger partial charge in [0.15, 0.2) is 5.43 Å². The van der Waals surface area contributed by atoms with Gasteiger partial charge < -0.3 is 4.42 Å². The summed E-state index contributed by atoms with van der Waals surface area (Å²) in [5.74, 6) is -0.997. The molecule has 2 heterocycles. The van der Waals surface area contributed by atoms with E-state index in [0.29, 0.717) is 31.7 Å². The largest absolute Gasteiger partial charge is 0.450 e. The van der Waals surface area contributed by atoms with Crippen molar-refractivity contribution >= 4 is 61.7 Å². The van der Waals surface area contributed by atoms with Gasteiger partial charge in [-0.05, 0) is 60.2 Å². The molecule has 0 radical (unpaired) electrons. The molecule has 3 aromatic carbocycles. The first-order chi connectivity index (χ1) is 14.8. The van der Waals surface area contributed by atoms with Crippen LogP contribution >= 0.6 is 39.1 Å². The number of carbonyl (C=O) groups is 1. The van der Waals surface area contributed by atoms with Crippen LogP contribution in [0.25, 0.3) is 11.0 Å². The van der Waals surface area contributed by atoms with E-state index in [1.54, 1.807) is 36.4 Å². The molecule has 1 unspecified atom stereocenters. The van der Waals surface area contributed by atoms with E-state index in [9.17, 15) is 14.0 Å². The summed E-state index contributed by atoms with van der Waals surface area (Å²) in [5, 5.41) is 0.969. The van der Waals surface area contributed by atoms with Gasteiger partial charge >= 0.3 is 0 Å². The molecule has 154 valence electrons. The minimum Gasteiger partial charge on any atom is -0.450 e. The second-order valence-electron chi connectivity index (χ2n) is 7.04. The number of hydrogen-bond acceptors (Lipinski definition) is 3. The molecule has 1 aromatic heterocycles. The van der Waals surface area contributed by atoms with Crippen molar-refractivity contribution in [3.8, 4) is 0 Å². The number of carbonyl (C=O) groups excluding carboxylic acids is 1. The number of halogens is 4. The fraction of sp³-hybridized carbons (Fsp3) is 0.0435. The molecule has 0 fully saturated rings. The Labute approximate surface area is 193 Å². The average molecular weight is 519 g/mol. The Balaban J connectivity index is 1.83. The minimum absolute atomic E-state index is 0.0554. The molecule has 0 aliphatic carbocycles. The lowest BCUT2D eigenvalue weighted by Crippen LogP contribution is -2.29. The predicted octanol–water partition coefficient (Wildman–Crippen LogP) is 6.75. The van der Waals surface area contributed by atoms with Crippen LogP contribution in [0.1, 0.15) is 27.7 Å². The highest BCUT2D eigenvalue weighted by molar-refractivity contribution is 9.10. The second kappa shape index (κ2) is 7.48. The smallest absolute Gasteiger partial charge is 0.295 e. The normalized spacial score (nSPS) is 15.5. The molecule has 0 spiro atoms. The number of benzene rings is 3. The van der Waals surface area contributed by atoms with Crippen molar-refractivity contribution in [1.82, 2.24) is 0 Å². The first kappa shape index (κ1) is 20.2. The molecule has 0 bridgehead atoms.